The van der Waals surface area contributed by atoms with Crippen LogP contribution in [0.5, 0.6) is 0 Å². The number of carbonyl (C=O) groups excluding carboxylic acids is 1. The van der Waals surface area contributed by atoms with Crippen LogP contribution >= 0.6 is 11.3 Å². The van der Waals surface area contributed by atoms with E-state index < -0.39 is 0 Å². The lowest BCUT2D eigenvalue weighted by molar-refractivity contribution is -0.139. The van der Waals surface area contributed by atoms with Crippen LogP contribution in [0.3, 0.4) is 0 Å². The Bertz CT molecular complexity index is 848. The fourth-order valence-corrected chi connectivity index (χ4v) is 5.22. The van der Waals surface area contributed by atoms with E-state index in [4.69, 9.17) is 4.98 Å². The third-order valence-electron chi connectivity index (χ3n) is 6.14. The first kappa shape index (κ1) is 21.2. The number of nitrogens with one attached hydrogen (secondary N) is 1. The van der Waals surface area contributed by atoms with Crippen LogP contribution in [0.2, 0.25) is 0 Å². The lowest BCUT2D eigenvalue weighted by Crippen LogP contribution is -2.53. The topological polar surface area (TPSA) is 81.6 Å². The van der Waals surface area contributed by atoms with E-state index in [9.17, 15) is 9.90 Å². The van der Waals surface area contributed by atoms with Crippen molar-refractivity contribution in [1.82, 2.24) is 19.8 Å². The van der Waals surface area contributed by atoms with Crippen LogP contribution in [0.15, 0.2) is 24.4 Å². The van der Waals surface area contributed by atoms with E-state index in [0.717, 1.165) is 68.4 Å². The van der Waals surface area contributed by atoms with Crippen molar-refractivity contribution in [1.29, 1.82) is 0 Å². The van der Waals surface area contributed by atoms with Gasteiger partial charge in [0.1, 0.15) is 5.82 Å². The Labute approximate surface area is 182 Å². The number of rotatable bonds is 6. The normalized spacial score (nSPS) is 21.0. The summed E-state index contributed by atoms with van der Waals surface area (Å²) in [5.41, 5.74) is 1.08. The average molecular weight is 430 g/mol. The third-order valence-corrected chi connectivity index (χ3v) is 6.97. The van der Waals surface area contributed by atoms with E-state index in [0.29, 0.717) is 12.5 Å². The number of hydrogen-bond acceptors (Lipinski definition) is 7. The molecule has 4 rings (SSSR count). The fourth-order valence-electron chi connectivity index (χ4n) is 4.54. The maximum Gasteiger partial charge on any atom is 0.239 e. The summed E-state index contributed by atoms with van der Waals surface area (Å²) < 4.78 is 0. The van der Waals surface area contributed by atoms with Crippen molar-refractivity contribution in [3.63, 3.8) is 0 Å². The molecule has 0 bridgehead atoms. The molecule has 2 saturated heterocycles. The van der Waals surface area contributed by atoms with Gasteiger partial charge >= 0.3 is 0 Å². The Balaban J connectivity index is 1.35. The Hall–Kier alpha value is -2.03. The number of amides is 1. The first-order valence-corrected chi connectivity index (χ1v) is 11.8. The van der Waals surface area contributed by atoms with Gasteiger partial charge in [-0.3, -0.25) is 9.69 Å². The molecule has 162 valence electrons. The third kappa shape index (κ3) is 4.99. The van der Waals surface area contributed by atoms with Crippen molar-refractivity contribution < 1.29 is 9.90 Å². The van der Waals surface area contributed by atoms with Crippen LogP contribution in [0.25, 0.3) is 0 Å². The second kappa shape index (κ2) is 9.85. The molecule has 2 aliphatic heterocycles. The van der Waals surface area contributed by atoms with E-state index >= 15 is 0 Å². The number of nitrogens with zero attached hydrogens (tertiary/aromatic N) is 4. The molecular weight excluding hydrogens is 398 g/mol. The highest BCUT2D eigenvalue weighted by molar-refractivity contribution is 7.15. The standard InChI is InChI=1S/C22H31N5O2S/c1-16-15-23-22(30-16)25-20-7-4-5-18(24-20)17-8-11-27(12-9-17)21(29)19-6-2-3-10-26(19)13-14-28/h4-5,7,15,17,19,28H,2-3,6,8-14H2,1H3,(H,23,24,25)/t19-/m0/s1. The summed E-state index contributed by atoms with van der Waals surface area (Å²) in [4.78, 5) is 27.6. The van der Waals surface area contributed by atoms with E-state index in [-0.39, 0.29) is 18.6 Å². The van der Waals surface area contributed by atoms with Gasteiger partial charge in [-0.2, -0.15) is 0 Å². The van der Waals surface area contributed by atoms with Crippen LogP contribution in [0.1, 0.15) is 48.6 Å². The van der Waals surface area contributed by atoms with Gasteiger partial charge in [0.05, 0.1) is 12.6 Å². The zero-order valence-electron chi connectivity index (χ0n) is 17.6. The highest BCUT2D eigenvalue weighted by atomic mass is 32.1. The molecule has 0 spiro atoms. The highest BCUT2D eigenvalue weighted by Crippen LogP contribution is 2.30. The van der Waals surface area contributed by atoms with Gasteiger partial charge < -0.3 is 15.3 Å². The first-order valence-electron chi connectivity index (χ1n) is 10.9. The molecule has 7 nitrogen and oxygen atoms in total. The van der Waals surface area contributed by atoms with E-state index in [1.165, 1.54) is 4.88 Å². The number of likely N-dealkylation sites (tertiary alicyclic amines) is 2. The highest BCUT2D eigenvalue weighted by Gasteiger charge is 2.33. The summed E-state index contributed by atoms with van der Waals surface area (Å²) in [6.07, 6.45) is 6.85. The molecule has 30 heavy (non-hydrogen) atoms. The summed E-state index contributed by atoms with van der Waals surface area (Å²) in [6.45, 7) is 5.21. The van der Waals surface area contributed by atoms with Crippen molar-refractivity contribution in [2.45, 2.75) is 51.0 Å². The quantitative estimate of drug-likeness (QED) is 0.734. The molecule has 2 aliphatic rings. The van der Waals surface area contributed by atoms with Crippen molar-refractivity contribution in [2.24, 2.45) is 0 Å². The maximum atomic E-state index is 13.1. The van der Waals surface area contributed by atoms with Crippen LogP contribution in [-0.2, 0) is 4.79 Å². The number of β-amino-alcohol motifs (C(OH)–C–C–N with tert-alkyl or cyclic N) is 1. The Kier molecular flexibility index (Phi) is 6.97. The van der Waals surface area contributed by atoms with Crippen LogP contribution in [0, 0.1) is 6.92 Å². The predicted octanol–water partition coefficient (Wildman–Crippen LogP) is 3.14. The number of aliphatic hydroxyl groups excluding tert-OH is 1. The van der Waals surface area contributed by atoms with E-state index in [2.05, 4.69) is 21.3 Å². The van der Waals surface area contributed by atoms with Gasteiger partial charge in [0.2, 0.25) is 5.91 Å². The summed E-state index contributed by atoms with van der Waals surface area (Å²) in [5.74, 6) is 1.43. The molecule has 2 aromatic heterocycles. The molecule has 2 N–H and O–H groups in total. The summed E-state index contributed by atoms with van der Waals surface area (Å²) in [6, 6.07) is 6.04. The minimum absolute atomic E-state index is 0.0603. The van der Waals surface area contributed by atoms with Crippen molar-refractivity contribution in [3.8, 4) is 0 Å². The number of aromatic nitrogens is 2. The predicted molar refractivity (Wildman–Crippen MR) is 119 cm³/mol. The SMILES string of the molecule is Cc1cnc(Nc2cccc(C3CCN(C(=O)[C@@H]4CCCCN4CCO)CC3)n2)s1. The Morgan fingerprint density at radius 3 is 2.80 bits per heavy atom. The maximum absolute atomic E-state index is 13.1. The molecule has 0 unspecified atom stereocenters. The van der Waals surface area contributed by atoms with Gasteiger partial charge in [-0.1, -0.05) is 12.5 Å². The van der Waals surface area contributed by atoms with Gasteiger partial charge in [0, 0.05) is 42.3 Å². The van der Waals surface area contributed by atoms with Crippen LogP contribution in [0.4, 0.5) is 10.9 Å². The minimum atomic E-state index is -0.0603. The summed E-state index contributed by atoms with van der Waals surface area (Å²) in [5, 5.41) is 13.5. The number of pyridine rings is 1. The van der Waals surface area contributed by atoms with Crippen LogP contribution < -0.4 is 5.32 Å². The van der Waals surface area contributed by atoms with Gasteiger partial charge in [-0.15, -0.1) is 11.3 Å². The van der Waals surface area contributed by atoms with E-state index in [1.807, 2.05) is 30.2 Å². The monoisotopic (exact) mass is 429 g/mol. The number of aliphatic hydroxyl groups is 1. The molecule has 0 saturated carbocycles. The largest absolute Gasteiger partial charge is 0.395 e. The Morgan fingerprint density at radius 2 is 2.07 bits per heavy atom. The smallest absolute Gasteiger partial charge is 0.239 e. The molecule has 4 heterocycles. The molecule has 0 aromatic carbocycles. The van der Waals surface area contributed by atoms with Gasteiger partial charge in [0.15, 0.2) is 5.13 Å². The lowest BCUT2D eigenvalue weighted by atomic mass is 9.92. The molecule has 2 aromatic rings. The van der Waals surface area contributed by atoms with Crippen molar-refractivity contribution >= 4 is 28.2 Å². The minimum Gasteiger partial charge on any atom is -0.395 e. The first-order chi connectivity index (χ1) is 14.6. The van der Waals surface area contributed by atoms with Gasteiger partial charge in [-0.05, 0) is 51.3 Å². The zero-order chi connectivity index (χ0) is 20.9. The van der Waals surface area contributed by atoms with Gasteiger partial charge in [0.25, 0.3) is 0 Å². The molecular formula is C22H31N5O2S. The molecule has 0 aliphatic carbocycles. The van der Waals surface area contributed by atoms with Crippen LogP contribution in [-0.4, -0.2) is 69.6 Å². The zero-order valence-corrected chi connectivity index (χ0v) is 18.4. The molecule has 2 fully saturated rings. The molecule has 8 heteroatoms. The number of thiazole rings is 1. The second-order valence-electron chi connectivity index (χ2n) is 8.22. The number of aryl methyl sites for hydroxylation is 1. The van der Waals surface area contributed by atoms with Crippen molar-refractivity contribution in [2.75, 3.05) is 38.1 Å². The number of hydrogen-bond donors (Lipinski definition) is 2. The number of piperidine rings is 2. The molecule has 1 atom stereocenters. The second-order valence-corrected chi connectivity index (χ2v) is 9.45. The summed E-state index contributed by atoms with van der Waals surface area (Å²) in [7, 11) is 0. The Morgan fingerprint density at radius 1 is 1.23 bits per heavy atom. The molecule has 1 amide bonds. The van der Waals surface area contributed by atoms with E-state index in [1.54, 1.807) is 11.3 Å². The number of anilines is 2. The molecule has 0 radical (unpaired) electrons. The van der Waals surface area contributed by atoms with Gasteiger partial charge in [-0.25, -0.2) is 9.97 Å². The van der Waals surface area contributed by atoms with Crippen molar-refractivity contribution in [3.05, 3.63) is 35.0 Å². The average Bonchev–Trinajstić information content (AvgIpc) is 3.19. The summed E-state index contributed by atoms with van der Waals surface area (Å²) >= 11 is 1.62. The lowest BCUT2D eigenvalue weighted by Gasteiger charge is -2.39. The fraction of sp³-hybridized carbons (Fsp3) is 0.591. The number of carbonyl (C=O) groups is 1.